The first-order valence-electron chi connectivity index (χ1n) is 8.10. The Morgan fingerprint density at radius 2 is 1.27 bits per heavy atom. The Morgan fingerprint density at radius 3 is 1.85 bits per heavy atom. The number of carboxylic acids is 1. The molecular formula is C22H17NO3. The predicted octanol–water partition coefficient (Wildman–Crippen LogP) is 4.21. The Morgan fingerprint density at radius 1 is 0.731 bits per heavy atom. The van der Waals surface area contributed by atoms with Crippen LogP contribution in [-0.2, 0) is 4.79 Å². The van der Waals surface area contributed by atoms with E-state index in [1.54, 1.807) is 30.3 Å². The van der Waals surface area contributed by atoms with Gasteiger partial charge in [0.1, 0.15) is 5.70 Å². The van der Waals surface area contributed by atoms with Gasteiger partial charge in [-0.1, -0.05) is 72.8 Å². The van der Waals surface area contributed by atoms with Gasteiger partial charge in [0, 0.05) is 5.56 Å². The van der Waals surface area contributed by atoms with Crippen molar-refractivity contribution in [2.24, 2.45) is 0 Å². The zero-order valence-electron chi connectivity index (χ0n) is 13.9. The van der Waals surface area contributed by atoms with Crippen molar-refractivity contribution in [2.75, 3.05) is 0 Å². The highest BCUT2D eigenvalue weighted by Gasteiger charge is 2.13. The molecule has 0 aliphatic rings. The van der Waals surface area contributed by atoms with Gasteiger partial charge in [-0.25, -0.2) is 4.79 Å². The zero-order chi connectivity index (χ0) is 18.4. The molecule has 3 aromatic rings. The second-order valence-electron chi connectivity index (χ2n) is 5.67. The third kappa shape index (κ3) is 4.24. The lowest BCUT2D eigenvalue weighted by atomic mass is 10.0. The lowest BCUT2D eigenvalue weighted by Gasteiger charge is -2.07. The van der Waals surface area contributed by atoms with Crippen molar-refractivity contribution >= 4 is 18.0 Å². The molecule has 2 N–H and O–H groups in total. The first-order chi connectivity index (χ1) is 12.6. The van der Waals surface area contributed by atoms with E-state index in [0.717, 1.165) is 11.1 Å². The molecule has 4 nitrogen and oxygen atoms in total. The van der Waals surface area contributed by atoms with E-state index in [9.17, 15) is 14.7 Å². The number of carbonyl (C=O) groups excluding carboxylic acids is 1. The van der Waals surface area contributed by atoms with Crippen molar-refractivity contribution in [1.82, 2.24) is 5.32 Å². The normalized spacial score (nSPS) is 11.0. The molecule has 0 bridgehead atoms. The molecular weight excluding hydrogens is 326 g/mol. The average molecular weight is 343 g/mol. The van der Waals surface area contributed by atoms with Crippen LogP contribution in [0.25, 0.3) is 17.2 Å². The number of carboxylic acid groups (broad SMARTS) is 1. The van der Waals surface area contributed by atoms with Crippen LogP contribution in [0.5, 0.6) is 0 Å². The van der Waals surface area contributed by atoms with E-state index in [4.69, 9.17) is 0 Å². The van der Waals surface area contributed by atoms with E-state index in [1.165, 1.54) is 6.08 Å². The Kier molecular flexibility index (Phi) is 5.25. The van der Waals surface area contributed by atoms with Gasteiger partial charge in [-0.3, -0.25) is 4.79 Å². The van der Waals surface area contributed by atoms with E-state index in [-0.39, 0.29) is 5.70 Å². The first-order valence-corrected chi connectivity index (χ1v) is 8.10. The fraction of sp³-hybridized carbons (Fsp3) is 0. The molecule has 0 heterocycles. The van der Waals surface area contributed by atoms with E-state index < -0.39 is 11.9 Å². The Balaban J connectivity index is 1.81. The van der Waals surface area contributed by atoms with Crippen LogP contribution in [0.2, 0.25) is 0 Å². The molecule has 128 valence electrons. The van der Waals surface area contributed by atoms with Crippen LogP contribution < -0.4 is 5.32 Å². The maximum absolute atomic E-state index is 12.2. The highest BCUT2D eigenvalue weighted by atomic mass is 16.4. The zero-order valence-corrected chi connectivity index (χ0v) is 13.9. The van der Waals surface area contributed by atoms with E-state index in [0.29, 0.717) is 11.1 Å². The van der Waals surface area contributed by atoms with Crippen molar-refractivity contribution in [3.63, 3.8) is 0 Å². The number of carbonyl (C=O) groups is 2. The Bertz CT molecular complexity index is 930. The highest BCUT2D eigenvalue weighted by Crippen LogP contribution is 2.20. The van der Waals surface area contributed by atoms with Crippen LogP contribution >= 0.6 is 0 Å². The van der Waals surface area contributed by atoms with Crippen LogP contribution in [0.1, 0.15) is 15.9 Å². The molecule has 4 heteroatoms. The van der Waals surface area contributed by atoms with Gasteiger partial charge >= 0.3 is 5.97 Å². The molecule has 0 aliphatic carbocycles. The summed E-state index contributed by atoms with van der Waals surface area (Å²) in [5, 5.41) is 11.8. The van der Waals surface area contributed by atoms with Crippen molar-refractivity contribution in [2.45, 2.75) is 0 Å². The van der Waals surface area contributed by atoms with Gasteiger partial charge in [-0.15, -0.1) is 0 Å². The summed E-state index contributed by atoms with van der Waals surface area (Å²) in [6, 6.07) is 25.9. The lowest BCUT2D eigenvalue weighted by molar-refractivity contribution is -0.132. The maximum atomic E-state index is 12.2. The van der Waals surface area contributed by atoms with Gasteiger partial charge in [0.2, 0.25) is 0 Å². The third-order valence-corrected chi connectivity index (χ3v) is 3.84. The maximum Gasteiger partial charge on any atom is 0.352 e. The molecule has 0 aromatic heterocycles. The summed E-state index contributed by atoms with van der Waals surface area (Å²) in [4.78, 5) is 23.6. The topological polar surface area (TPSA) is 66.4 Å². The van der Waals surface area contributed by atoms with E-state index in [2.05, 4.69) is 5.32 Å². The van der Waals surface area contributed by atoms with Gasteiger partial charge in [-0.2, -0.15) is 0 Å². The third-order valence-electron chi connectivity index (χ3n) is 3.84. The SMILES string of the molecule is O=C(O)C(=Cc1ccc(-c2ccccc2)cc1)NC(=O)c1ccccc1. The van der Waals surface area contributed by atoms with Gasteiger partial charge in [0.15, 0.2) is 0 Å². The van der Waals surface area contributed by atoms with Crippen molar-refractivity contribution in [3.8, 4) is 11.1 Å². The van der Waals surface area contributed by atoms with Crippen LogP contribution in [0.15, 0.2) is 90.6 Å². The molecule has 0 atom stereocenters. The highest BCUT2D eigenvalue weighted by molar-refractivity contribution is 6.02. The summed E-state index contributed by atoms with van der Waals surface area (Å²) in [6.07, 6.45) is 1.44. The summed E-state index contributed by atoms with van der Waals surface area (Å²) in [5.74, 6) is -1.65. The van der Waals surface area contributed by atoms with Crippen molar-refractivity contribution in [1.29, 1.82) is 0 Å². The monoisotopic (exact) mass is 343 g/mol. The molecule has 0 unspecified atom stereocenters. The average Bonchev–Trinajstić information content (AvgIpc) is 2.69. The minimum atomic E-state index is -1.19. The molecule has 3 aromatic carbocycles. The minimum absolute atomic E-state index is 0.175. The van der Waals surface area contributed by atoms with Crippen LogP contribution in [0.4, 0.5) is 0 Å². The number of nitrogens with one attached hydrogen (secondary N) is 1. The summed E-state index contributed by atoms with van der Waals surface area (Å²) in [7, 11) is 0. The number of benzene rings is 3. The van der Waals surface area contributed by atoms with E-state index >= 15 is 0 Å². The summed E-state index contributed by atoms with van der Waals surface area (Å²) >= 11 is 0. The summed E-state index contributed by atoms with van der Waals surface area (Å²) in [5.41, 5.74) is 3.03. The predicted molar refractivity (Wildman–Crippen MR) is 101 cm³/mol. The van der Waals surface area contributed by atoms with Gasteiger partial charge in [-0.05, 0) is 34.9 Å². The van der Waals surface area contributed by atoms with Gasteiger partial charge < -0.3 is 10.4 Å². The van der Waals surface area contributed by atoms with Crippen molar-refractivity contribution in [3.05, 3.63) is 102 Å². The second-order valence-corrected chi connectivity index (χ2v) is 5.67. The fourth-order valence-electron chi connectivity index (χ4n) is 2.50. The standard InChI is InChI=1S/C22H17NO3/c24-21(19-9-5-2-6-10-19)23-20(22(25)26)15-16-11-13-18(14-12-16)17-7-3-1-4-8-17/h1-15H,(H,23,24)(H,25,26). The molecule has 3 rings (SSSR count). The molecule has 26 heavy (non-hydrogen) atoms. The Hall–Kier alpha value is -3.66. The summed E-state index contributed by atoms with van der Waals surface area (Å²) < 4.78 is 0. The first kappa shape index (κ1) is 17.2. The molecule has 0 fully saturated rings. The van der Waals surface area contributed by atoms with Crippen LogP contribution in [-0.4, -0.2) is 17.0 Å². The molecule has 0 aliphatic heterocycles. The van der Waals surface area contributed by atoms with Gasteiger partial charge in [0.25, 0.3) is 5.91 Å². The quantitative estimate of drug-likeness (QED) is 0.682. The fourth-order valence-corrected chi connectivity index (χ4v) is 2.50. The number of aliphatic carboxylic acids is 1. The largest absolute Gasteiger partial charge is 0.477 e. The lowest BCUT2D eigenvalue weighted by Crippen LogP contribution is -2.27. The molecule has 0 radical (unpaired) electrons. The van der Waals surface area contributed by atoms with Crippen molar-refractivity contribution < 1.29 is 14.7 Å². The van der Waals surface area contributed by atoms with Gasteiger partial charge in [0.05, 0.1) is 0 Å². The number of amides is 1. The molecule has 1 amide bonds. The number of hydrogen-bond donors (Lipinski definition) is 2. The smallest absolute Gasteiger partial charge is 0.352 e. The second kappa shape index (κ2) is 7.94. The molecule has 0 saturated heterocycles. The summed E-state index contributed by atoms with van der Waals surface area (Å²) in [6.45, 7) is 0. The number of rotatable bonds is 5. The van der Waals surface area contributed by atoms with Crippen LogP contribution in [0, 0.1) is 0 Å². The molecule has 0 spiro atoms. The minimum Gasteiger partial charge on any atom is -0.477 e. The molecule has 0 saturated carbocycles. The Labute approximate surface area is 151 Å². The van der Waals surface area contributed by atoms with E-state index in [1.807, 2.05) is 54.6 Å². The number of hydrogen-bond acceptors (Lipinski definition) is 2. The van der Waals surface area contributed by atoms with Crippen LogP contribution in [0.3, 0.4) is 0 Å².